The summed E-state index contributed by atoms with van der Waals surface area (Å²) >= 11 is 0. The minimum Gasteiger partial charge on any atom is -0.253 e. The minimum atomic E-state index is -3.65. The third-order valence-electron chi connectivity index (χ3n) is 4.03. The Morgan fingerprint density at radius 2 is 1.80 bits per heavy atom. The van der Waals surface area contributed by atoms with E-state index >= 15 is 0 Å². The number of nitrogens with zero attached hydrogens (tertiary/aromatic N) is 1. The maximum atomic E-state index is 11.3. The lowest BCUT2D eigenvalue weighted by Gasteiger charge is -2.21. The standard InChI is InChI=1S/C15H18N2O2S/c16-20(18,19)13-7-9-15-12(10-13)6-8-14(17-15)11-4-2-1-3-5-11/h6-11H,1-5H2,(H2,16,18,19). The van der Waals surface area contributed by atoms with E-state index in [-0.39, 0.29) is 4.90 Å². The van der Waals surface area contributed by atoms with Crippen LogP contribution >= 0.6 is 0 Å². The summed E-state index contributed by atoms with van der Waals surface area (Å²) < 4.78 is 22.7. The topological polar surface area (TPSA) is 73.1 Å². The summed E-state index contributed by atoms with van der Waals surface area (Å²) in [6.45, 7) is 0. The van der Waals surface area contributed by atoms with Gasteiger partial charge >= 0.3 is 0 Å². The number of rotatable bonds is 2. The van der Waals surface area contributed by atoms with Crippen LogP contribution < -0.4 is 5.14 Å². The van der Waals surface area contributed by atoms with Crippen LogP contribution in [0.1, 0.15) is 43.7 Å². The number of aromatic nitrogens is 1. The molecule has 1 aromatic heterocycles. The Hall–Kier alpha value is -1.46. The summed E-state index contributed by atoms with van der Waals surface area (Å²) in [4.78, 5) is 4.82. The van der Waals surface area contributed by atoms with Crippen LogP contribution in [-0.2, 0) is 10.0 Å². The predicted octanol–water partition coefficient (Wildman–Crippen LogP) is 2.93. The second kappa shape index (κ2) is 5.14. The molecule has 2 N–H and O–H groups in total. The average molecular weight is 290 g/mol. The minimum absolute atomic E-state index is 0.136. The van der Waals surface area contributed by atoms with E-state index in [1.165, 1.54) is 38.2 Å². The van der Waals surface area contributed by atoms with Gasteiger partial charge in [-0.15, -0.1) is 0 Å². The summed E-state index contributed by atoms with van der Waals surface area (Å²) in [5.74, 6) is 0.547. The van der Waals surface area contributed by atoms with Gasteiger partial charge in [-0.05, 0) is 37.1 Å². The molecule has 2 aromatic rings. The molecule has 5 heteroatoms. The average Bonchev–Trinajstić information content (AvgIpc) is 2.46. The van der Waals surface area contributed by atoms with Gasteiger partial charge in [0, 0.05) is 17.0 Å². The van der Waals surface area contributed by atoms with Crippen LogP contribution in [0.15, 0.2) is 35.2 Å². The molecule has 1 aromatic carbocycles. The Labute approximate surface area is 119 Å². The third-order valence-corrected chi connectivity index (χ3v) is 4.95. The molecule has 0 radical (unpaired) electrons. The van der Waals surface area contributed by atoms with Crippen LogP contribution in [0.4, 0.5) is 0 Å². The second-order valence-electron chi connectivity index (χ2n) is 5.47. The fourth-order valence-corrected chi connectivity index (χ4v) is 3.47. The van der Waals surface area contributed by atoms with Gasteiger partial charge in [0.25, 0.3) is 0 Å². The van der Waals surface area contributed by atoms with Crippen molar-refractivity contribution in [2.24, 2.45) is 5.14 Å². The first-order valence-corrected chi connectivity index (χ1v) is 8.52. The fourth-order valence-electron chi connectivity index (χ4n) is 2.92. The van der Waals surface area contributed by atoms with Crippen molar-refractivity contribution in [3.8, 4) is 0 Å². The van der Waals surface area contributed by atoms with Crippen LogP contribution in [0, 0.1) is 0 Å². The Morgan fingerprint density at radius 3 is 2.50 bits per heavy atom. The molecule has 0 atom stereocenters. The third kappa shape index (κ3) is 2.69. The van der Waals surface area contributed by atoms with E-state index in [1.54, 1.807) is 12.1 Å². The maximum absolute atomic E-state index is 11.3. The summed E-state index contributed by atoms with van der Waals surface area (Å²) in [5.41, 5.74) is 1.96. The van der Waals surface area contributed by atoms with Gasteiger partial charge in [-0.1, -0.05) is 25.3 Å². The SMILES string of the molecule is NS(=O)(=O)c1ccc2nc(C3CCCCC3)ccc2c1. The van der Waals surface area contributed by atoms with E-state index < -0.39 is 10.0 Å². The number of fused-ring (bicyclic) bond motifs is 1. The molecule has 4 nitrogen and oxygen atoms in total. The zero-order valence-corrected chi connectivity index (χ0v) is 12.1. The quantitative estimate of drug-likeness (QED) is 0.924. The largest absolute Gasteiger partial charge is 0.253 e. The van der Waals surface area contributed by atoms with Crippen molar-refractivity contribution >= 4 is 20.9 Å². The molecule has 0 amide bonds. The van der Waals surface area contributed by atoms with Gasteiger partial charge in [0.2, 0.25) is 10.0 Å². The zero-order chi connectivity index (χ0) is 14.2. The predicted molar refractivity (Wildman–Crippen MR) is 78.9 cm³/mol. The molecule has 1 aliphatic carbocycles. The van der Waals surface area contributed by atoms with Crippen LogP contribution in [-0.4, -0.2) is 13.4 Å². The highest BCUT2D eigenvalue weighted by Gasteiger charge is 2.17. The Kier molecular flexibility index (Phi) is 3.48. The Morgan fingerprint density at radius 1 is 1.05 bits per heavy atom. The summed E-state index contributed by atoms with van der Waals surface area (Å²) in [6, 6.07) is 8.81. The van der Waals surface area contributed by atoms with Crippen LogP contribution in [0.25, 0.3) is 10.9 Å². The van der Waals surface area contributed by atoms with Crippen molar-refractivity contribution in [3.05, 3.63) is 36.0 Å². The lowest BCUT2D eigenvalue weighted by Crippen LogP contribution is -2.12. The van der Waals surface area contributed by atoms with Gasteiger partial charge in [0.15, 0.2) is 0 Å². The molecular weight excluding hydrogens is 272 g/mol. The van der Waals surface area contributed by atoms with E-state index in [0.717, 1.165) is 16.6 Å². The van der Waals surface area contributed by atoms with Gasteiger partial charge in [-0.2, -0.15) is 0 Å². The molecule has 0 aliphatic heterocycles. The van der Waals surface area contributed by atoms with Gasteiger partial charge < -0.3 is 0 Å². The van der Waals surface area contributed by atoms with Gasteiger partial charge in [-0.25, -0.2) is 13.6 Å². The van der Waals surface area contributed by atoms with E-state index in [0.29, 0.717) is 5.92 Å². The van der Waals surface area contributed by atoms with Crippen molar-refractivity contribution in [1.29, 1.82) is 0 Å². The monoisotopic (exact) mass is 290 g/mol. The van der Waals surface area contributed by atoms with E-state index in [2.05, 4.69) is 4.98 Å². The molecule has 0 bridgehead atoms. The number of hydrogen-bond donors (Lipinski definition) is 1. The van der Waals surface area contributed by atoms with Crippen molar-refractivity contribution in [2.75, 3.05) is 0 Å². The summed E-state index contributed by atoms with van der Waals surface area (Å²) in [6.07, 6.45) is 6.27. The molecule has 1 fully saturated rings. The first kappa shape index (κ1) is 13.5. The second-order valence-corrected chi connectivity index (χ2v) is 7.03. The highest BCUT2D eigenvalue weighted by molar-refractivity contribution is 7.89. The highest BCUT2D eigenvalue weighted by Crippen LogP contribution is 2.32. The normalized spacial score (nSPS) is 17.4. The molecule has 0 saturated heterocycles. The molecule has 0 unspecified atom stereocenters. The summed E-state index contributed by atoms with van der Waals surface area (Å²) in [7, 11) is -3.65. The molecule has 1 aliphatic rings. The van der Waals surface area contributed by atoms with Crippen molar-refractivity contribution < 1.29 is 8.42 Å². The molecule has 3 rings (SSSR count). The lowest BCUT2D eigenvalue weighted by atomic mass is 9.86. The number of hydrogen-bond acceptors (Lipinski definition) is 3. The highest BCUT2D eigenvalue weighted by atomic mass is 32.2. The van der Waals surface area contributed by atoms with Crippen molar-refractivity contribution in [3.63, 3.8) is 0 Å². The molecule has 1 saturated carbocycles. The molecule has 0 spiro atoms. The maximum Gasteiger partial charge on any atom is 0.238 e. The van der Waals surface area contributed by atoms with E-state index in [9.17, 15) is 8.42 Å². The number of nitrogens with two attached hydrogens (primary N) is 1. The smallest absolute Gasteiger partial charge is 0.238 e. The zero-order valence-electron chi connectivity index (χ0n) is 11.2. The van der Waals surface area contributed by atoms with Gasteiger partial charge in [0.05, 0.1) is 10.4 Å². The summed E-state index contributed by atoms with van der Waals surface area (Å²) in [5, 5.41) is 5.96. The molecule has 106 valence electrons. The lowest BCUT2D eigenvalue weighted by molar-refractivity contribution is 0.437. The van der Waals surface area contributed by atoms with Gasteiger partial charge in [-0.3, -0.25) is 4.98 Å². The van der Waals surface area contributed by atoms with Gasteiger partial charge in [0.1, 0.15) is 0 Å². The van der Waals surface area contributed by atoms with Crippen LogP contribution in [0.3, 0.4) is 0 Å². The molecule has 20 heavy (non-hydrogen) atoms. The number of sulfonamides is 1. The van der Waals surface area contributed by atoms with Crippen LogP contribution in [0.5, 0.6) is 0 Å². The number of primary sulfonamides is 1. The van der Waals surface area contributed by atoms with E-state index in [1.807, 2.05) is 12.1 Å². The number of benzene rings is 1. The Balaban J connectivity index is 2.00. The molecule has 1 heterocycles. The molecular formula is C15H18N2O2S. The van der Waals surface area contributed by atoms with Crippen LogP contribution in [0.2, 0.25) is 0 Å². The first-order chi connectivity index (χ1) is 9.54. The number of pyridine rings is 1. The Bertz CT molecular complexity index is 735. The van der Waals surface area contributed by atoms with Crippen molar-refractivity contribution in [2.45, 2.75) is 42.9 Å². The first-order valence-electron chi connectivity index (χ1n) is 6.97. The van der Waals surface area contributed by atoms with Crippen molar-refractivity contribution in [1.82, 2.24) is 4.98 Å². The van der Waals surface area contributed by atoms with E-state index in [4.69, 9.17) is 5.14 Å². The fraction of sp³-hybridized carbons (Fsp3) is 0.400.